The molecule has 2 fully saturated rings. The predicted octanol–water partition coefficient (Wildman–Crippen LogP) is 2.89. The Kier molecular flexibility index (Phi) is 5.20. The van der Waals surface area contributed by atoms with Crippen LogP contribution in [0.4, 0.5) is 0 Å². The second-order valence-corrected chi connectivity index (χ2v) is 8.32. The smallest absolute Gasteiger partial charge is 0.251 e. The van der Waals surface area contributed by atoms with Crippen LogP contribution < -0.4 is 5.32 Å². The van der Waals surface area contributed by atoms with Gasteiger partial charge in [-0.25, -0.2) is 0 Å². The molecule has 132 valence electrons. The van der Waals surface area contributed by atoms with Crippen molar-refractivity contribution < 1.29 is 9.53 Å². The fourth-order valence-electron chi connectivity index (χ4n) is 4.24. The fourth-order valence-corrected chi connectivity index (χ4v) is 5.39. The highest BCUT2D eigenvalue weighted by atomic mass is 32.1. The number of likely N-dealkylation sites (tertiary alicyclic amines) is 1. The Hall–Kier alpha value is -0.910. The highest BCUT2D eigenvalue weighted by Crippen LogP contribution is 2.30. The zero-order valence-corrected chi connectivity index (χ0v) is 15.2. The van der Waals surface area contributed by atoms with Crippen molar-refractivity contribution in [2.75, 3.05) is 19.7 Å². The summed E-state index contributed by atoms with van der Waals surface area (Å²) in [7, 11) is 0. The monoisotopic (exact) mass is 348 g/mol. The van der Waals surface area contributed by atoms with Gasteiger partial charge in [-0.3, -0.25) is 4.79 Å². The van der Waals surface area contributed by atoms with E-state index in [2.05, 4.69) is 10.7 Å². The van der Waals surface area contributed by atoms with Crippen LogP contribution in [0.25, 0.3) is 0 Å². The van der Waals surface area contributed by atoms with Crippen molar-refractivity contribution in [1.29, 1.82) is 0 Å². The molecule has 0 radical (unpaired) electrons. The van der Waals surface area contributed by atoms with Crippen LogP contribution in [0.5, 0.6) is 0 Å². The normalized spacial score (nSPS) is 25.0. The summed E-state index contributed by atoms with van der Waals surface area (Å²) in [5.41, 5.74) is 3.15. The highest BCUT2D eigenvalue weighted by molar-refractivity contribution is 7.10. The molecule has 3 heterocycles. The van der Waals surface area contributed by atoms with E-state index in [4.69, 9.17) is 4.74 Å². The Labute approximate surface area is 148 Å². The van der Waals surface area contributed by atoms with E-state index in [9.17, 15) is 4.79 Å². The summed E-state index contributed by atoms with van der Waals surface area (Å²) in [6.45, 7) is 3.49. The molecule has 5 heteroatoms. The van der Waals surface area contributed by atoms with Crippen molar-refractivity contribution in [2.24, 2.45) is 0 Å². The number of nitrogens with zero attached hydrogens (tertiary/aromatic N) is 1. The average molecular weight is 349 g/mol. The maximum atomic E-state index is 12.4. The Morgan fingerprint density at radius 2 is 2.04 bits per heavy atom. The van der Waals surface area contributed by atoms with Crippen LogP contribution in [0.15, 0.2) is 5.38 Å². The van der Waals surface area contributed by atoms with Gasteiger partial charge in [0.1, 0.15) is 6.10 Å². The molecule has 0 bridgehead atoms. The van der Waals surface area contributed by atoms with E-state index in [1.54, 1.807) is 10.4 Å². The van der Waals surface area contributed by atoms with Gasteiger partial charge in [0, 0.05) is 37.2 Å². The number of fused-ring (bicyclic) bond motifs is 1. The van der Waals surface area contributed by atoms with Crippen LogP contribution in [-0.4, -0.2) is 42.6 Å². The number of ether oxygens (including phenoxy) is 1. The molecule has 24 heavy (non-hydrogen) atoms. The summed E-state index contributed by atoms with van der Waals surface area (Å²) in [6, 6.07) is 0.540. The maximum Gasteiger partial charge on any atom is 0.251 e. The number of hydrogen-bond acceptors (Lipinski definition) is 4. The van der Waals surface area contributed by atoms with E-state index < -0.39 is 0 Å². The first-order valence-corrected chi connectivity index (χ1v) is 10.4. The zero-order chi connectivity index (χ0) is 16.4. The first-order valence-electron chi connectivity index (χ1n) is 9.53. The van der Waals surface area contributed by atoms with Crippen molar-refractivity contribution >= 4 is 17.2 Å². The van der Waals surface area contributed by atoms with Crippen molar-refractivity contribution in [3.63, 3.8) is 0 Å². The summed E-state index contributed by atoms with van der Waals surface area (Å²) >= 11 is 1.95. The van der Waals surface area contributed by atoms with Gasteiger partial charge < -0.3 is 15.0 Å². The van der Waals surface area contributed by atoms with Crippen LogP contribution in [-0.2, 0) is 28.9 Å². The number of piperidine rings is 1. The third kappa shape index (κ3) is 3.53. The molecule has 3 aliphatic rings. The highest BCUT2D eigenvalue weighted by Gasteiger charge is 2.30. The Bertz CT molecular complexity index is 572. The molecule has 1 N–H and O–H groups in total. The molecular formula is C19H28N2O2S. The molecule has 0 saturated carbocycles. The van der Waals surface area contributed by atoms with Crippen LogP contribution >= 0.6 is 11.3 Å². The lowest BCUT2D eigenvalue weighted by molar-refractivity contribution is -0.142. The number of rotatable bonds is 4. The second-order valence-electron chi connectivity index (χ2n) is 7.35. The SMILES string of the molecule is O=C([C@@H]1CCCO1)N1CCC(NCc2csc3c2CCCC3)CC1. The van der Waals surface area contributed by atoms with Gasteiger partial charge in [-0.2, -0.15) is 0 Å². The molecule has 1 atom stereocenters. The Balaban J connectivity index is 1.25. The summed E-state index contributed by atoms with van der Waals surface area (Å²) in [6.07, 6.45) is 9.15. The molecule has 1 aromatic rings. The first-order chi connectivity index (χ1) is 11.8. The summed E-state index contributed by atoms with van der Waals surface area (Å²) < 4.78 is 5.54. The lowest BCUT2D eigenvalue weighted by Gasteiger charge is -2.33. The number of carbonyl (C=O) groups is 1. The van der Waals surface area contributed by atoms with Crippen molar-refractivity contribution in [3.8, 4) is 0 Å². The molecule has 4 nitrogen and oxygen atoms in total. The zero-order valence-electron chi connectivity index (χ0n) is 14.4. The van der Waals surface area contributed by atoms with Crippen molar-refractivity contribution in [3.05, 3.63) is 21.4 Å². The predicted molar refractivity (Wildman–Crippen MR) is 96.4 cm³/mol. The Morgan fingerprint density at radius 3 is 2.83 bits per heavy atom. The lowest BCUT2D eigenvalue weighted by Crippen LogP contribution is -2.47. The minimum atomic E-state index is -0.160. The van der Waals surface area contributed by atoms with E-state index in [1.807, 2.05) is 16.2 Å². The minimum absolute atomic E-state index is 0.160. The standard InChI is InChI=1S/C19H28N2O2S/c22-19(17-5-3-11-23-17)21-9-7-15(8-10-21)20-12-14-13-24-18-6-2-1-4-16(14)18/h13,15,17,20H,1-12H2/t17-/m0/s1. The lowest BCUT2D eigenvalue weighted by atomic mass is 9.95. The first kappa shape index (κ1) is 16.6. The second kappa shape index (κ2) is 7.54. The molecule has 1 aliphatic carbocycles. The van der Waals surface area contributed by atoms with Gasteiger partial charge in [0.05, 0.1) is 0 Å². The third-order valence-electron chi connectivity index (χ3n) is 5.74. The third-order valence-corrected chi connectivity index (χ3v) is 6.88. The molecular weight excluding hydrogens is 320 g/mol. The number of carbonyl (C=O) groups excluding carboxylic acids is 1. The van der Waals surface area contributed by atoms with Crippen LogP contribution in [0.3, 0.4) is 0 Å². The van der Waals surface area contributed by atoms with Crippen LogP contribution in [0, 0.1) is 0 Å². The average Bonchev–Trinajstić information content (AvgIpc) is 3.30. The van der Waals surface area contributed by atoms with E-state index in [0.717, 1.165) is 51.9 Å². The maximum absolute atomic E-state index is 12.4. The molecule has 0 spiro atoms. The number of nitrogens with one attached hydrogen (secondary N) is 1. The van der Waals surface area contributed by atoms with Gasteiger partial charge in [-0.15, -0.1) is 11.3 Å². The minimum Gasteiger partial charge on any atom is -0.368 e. The largest absolute Gasteiger partial charge is 0.368 e. The van der Waals surface area contributed by atoms with Gasteiger partial charge in [0.25, 0.3) is 5.91 Å². The van der Waals surface area contributed by atoms with Gasteiger partial charge in [-0.05, 0) is 67.9 Å². The van der Waals surface area contributed by atoms with E-state index >= 15 is 0 Å². The summed E-state index contributed by atoms with van der Waals surface area (Å²) in [5.74, 6) is 0.220. The summed E-state index contributed by atoms with van der Waals surface area (Å²) in [5, 5.41) is 6.10. The van der Waals surface area contributed by atoms with Crippen molar-refractivity contribution in [2.45, 2.75) is 70.1 Å². The molecule has 2 aliphatic heterocycles. The van der Waals surface area contributed by atoms with E-state index in [-0.39, 0.29) is 12.0 Å². The summed E-state index contributed by atoms with van der Waals surface area (Å²) in [4.78, 5) is 16.0. The number of hydrogen-bond donors (Lipinski definition) is 1. The fraction of sp³-hybridized carbons (Fsp3) is 0.737. The van der Waals surface area contributed by atoms with Gasteiger partial charge in [0.2, 0.25) is 0 Å². The van der Waals surface area contributed by atoms with Gasteiger partial charge in [0.15, 0.2) is 0 Å². The molecule has 4 rings (SSSR count). The molecule has 1 aromatic heterocycles. The number of thiophene rings is 1. The molecule has 0 unspecified atom stereocenters. The van der Waals surface area contributed by atoms with Crippen molar-refractivity contribution in [1.82, 2.24) is 10.2 Å². The van der Waals surface area contributed by atoms with Gasteiger partial charge >= 0.3 is 0 Å². The van der Waals surface area contributed by atoms with Gasteiger partial charge in [-0.1, -0.05) is 0 Å². The number of amides is 1. The molecule has 2 saturated heterocycles. The van der Waals surface area contributed by atoms with Crippen LogP contribution in [0.2, 0.25) is 0 Å². The molecule has 1 amide bonds. The molecule has 0 aromatic carbocycles. The van der Waals surface area contributed by atoms with E-state index in [1.165, 1.54) is 31.2 Å². The topological polar surface area (TPSA) is 41.6 Å². The number of aryl methyl sites for hydroxylation is 1. The quantitative estimate of drug-likeness (QED) is 0.910. The Morgan fingerprint density at radius 1 is 1.21 bits per heavy atom. The van der Waals surface area contributed by atoms with Crippen LogP contribution in [0.1, 0.15) is 54.5 Å². The van der Waals surface area contributed by atoms with E-state index in [0.29, 0.717) is 6.04 Å².